The summed E-state index contributed by atoms with van der Waals surface area (Å²) in [5.74, 6) is 1.52. The van der Waals surface area contributed by atoms with Crippen LogP contribution in [0.2, 0.25) is 0 Å². The highest BCUT2D eigenvalue weighted by Gasteiger charge is 2.28. The van der Waals surface area contributed by atoms with Crippen molar-refractivity contribution in [2.24, 2.45) is 10.9 Å². The maximum Gasteiger partial charge on any atom is 0.136 e. The van der Waals surface area contributed by atoms with Gasteiger partial charge < -0.3 is 4.90 Å². The molecule has 310 valence electrons. The van der Waals surface area contributed by atoms with Gasteiger partial charge in [0.1, 0.15) is 5.84 Å². The number of likely N-dealkylation sites (N-methyl/N-ethyl adjacent to an activating group) is 1. The van der Waals surface area contributed by atoms with Gasteiger partial charge in [-0.1, -0.05) is 237 Å². The number of allylic oxidation sites excluding steroid dienone is 4. The molecule has 0 bridgehead atoms. The smallest absolute Gasteiger partial charge is 0.136 e. The van der Waals surface area contributed by atoms with Gasteiger partial charge in [0.25, 0.3) is 0 Å². The zero-order valence-corrected chi connectivity index (χ0v) is 36.3. The summed E-state index contributed by atoms with van der Waals surface area (Å²) < 4.78 is 0. The van der Waals surface area contributed by atoms with E-state index in [4.69, 9.17) is 4.99 Å². The summed E-state index contributed by atoms with van der Waals surface area (Å²) in [6, 6.07) is 79.4. The second kappa shape index (κ2) is 18.8. The Balaban J connectivity index is 0.833. The Morgan fingerprint density at radius 2 is 0.938 bits per heavy atom. The number of aryl methyl sites for hydroxylation is 1. The first-order chi connectivity index (χ1) is 31.6. The van der Waals surface area contributed by atoms with E-state index in [1.54, 1.807) is 0 Å². The van der Waals surface area contributed by atoms with Crippen LogP contribution >= 0.6 is 0 Å². The van der Waals surface area contributed by atoms with E-state index < -0.39 is 0 Å². The van der Waals surface area contributed by atoms with Gasteiger partial charge in [0.2, 0.25) is 0 Å². The third-order valence-electron chi connectivity index (χ3n) is 13.0. The third kappa shape index (κ3) is 9.00. The van der Waals surface area contributed by atoms with Crippen molar-refractivity contribution >= 4 is 11.4 Å². The van der Waals surface area contributed by atoms with Crippen LogP contribution in [0.1, 0.15) is 58.2 Å². The molecule has 8 aromatic rings. The highest BCUT2D eigenvalue weighted by atomic mass is 15.2. The van der Waals surface area contributed by atoms with Gasteiger partial charge in [-0.3, -0.25) is 0 Å². The van der Waals surface area contributed by atoms with Gasteiger partial charge in [-0.2, -0.15) is 0 Å². The first-order valence-electron chi connectivity index (χ1n) is 22.7. The van der Waals surface area contributed by atoms with E-state index in [1.165, 1.54) is 66.8 Å². The first kappa shape index (κ1) is 40.5. The summed E-state index contributed by atoms with van der Waals surface area (Å²) in [6.07, 6.45) is 12.3. The molecule has 0 saturated heterocycles. The van der Waals surface area contributed by atoms with E-state index in [1.807, 2.05) is 0 Å². The van der Waals surface area contributed by atoms with Crippen molar-refractivity contribution in [3.8, 4) is 33.4 Å². The molecule has 2 heteroatoms. The predicted molar refractivity (Wildman–Crippen MR) is 269 cm³/mol. The van der Waals surface area contributed by atoms with Crippen LogP contribution in [0, 0.1) is 5.92 Å². The maximum absolute atomic E-state index is 5.38. The average molecular weight is 825 g/mol. The number of hydrogen-bond donors (Lipinski definition) is 0. The van der Waals surface area contributed by atoms with Crippen LogP contribution < -0.4 is 0 Å². The van der Waals surface area contributed by atoms with Crippen LogP contribution in [0.4, 0.5) is 0 Å². The lowest BCUT2D eigenvalue weighted by molar-refractivity contribution is 0.424. The lowest BCUT2D eigenvalue weighted by Crippen LogP contribution is -2.34. The van der Waals surface area contributed by atoms with Gasteiger partial charge >= 0.3 is 0 Å². The largest absolute Gasteiger partial charge is 0.349 e. The molecule has 0 N–H and O–H groups in total. The van der Waals surface area contributed by atoms with Crippen molar-refractivity contribution in [3.63, 3.8) is 0 Å². The molecule has 64 heavy (non-hydrogen) atoms. The van der Waals surface area contributed by atoms with E-state index >= 15 is 0 Å². The highest BCUT2D eigenvalue weighted by molar-refractivity contribution is 6.00. The van der Waals surface area contributed by atoms with Crippen LogP contribution in [0.15, 0.2) is 253 Å². The summed E-state index contributed by atoms with van der Waals surface area (Å²) >= 11 is 0. The fraction of sp³-hybridized carbons (Fsp3) is 0.113. The monoisotopic (exact) mass is 824 g/mol. The molecule has 8 aromatic carbocycles. The molecule has 1 aliphatic heterocycles. The minimum atomic E-state index is 0.0909. The lowest BCUT2D eigenvalue weighted by atomic mass is 9.85. The van der Waals surface area contributed by atoms with Gasteiger partial charge in [0.05, 0.1) is 6.04 Å². The molecule has 10 rings (SSSR count). The Labute approximate surface area is 379 Å². The van der Waals surface area contributed by atoms with Crippen molar-refractivity contribution in [2.45, 2.75) is 31.2 Å². The molecule has 1 heterocycles. The van der Waals surface area contributed by atoms with Crippen molar-refractivity contribution < 1.29 is 0 Å². The lowest BCUT2D eigenvalue weighted by Gasteiger charge is -2.35. The molecular formula is C62H52N2. The molecule has 0 fully saturated rings. The molecule has 0 saturated carbocycles. The Morgan fingerprint density at radius 3 is 1.48 bits per heavy atom. The normalized spacial score (nSPS) is 16.4. The van der Waals surface area contributed by atoms with Gasteiger partial charge in [-0.15, -0.1) is 0 Å². The third-order valence-corrected chi connectivity index (χ3v) is 13.0. The van der Waals surface area contributed by atoms with Crippen LogP contribution in [0.25, 0.3) is 39.0 Å². The number of rotatable bonds is 12. The van der Waals surface area contributed by atoms with Crippen molar-refractivity contribution in [1.82, 2.24) is 4.90 Å². The molecular weight excluding hydrogens is 773 g/mol. The Hall–Kier alpha value is -7.55. The number of aliphatic imine (C=N–C) groups is 1. The fourth-order valence-electron chi connectivity index (χ4n) is 9.36. The predicted octanol–water partition coefficient (Wildman–Crippen LogP) is 15.4. The SMILES string of the molecule is CN1C(c2ccc(-c3ccc(CCC(c4ccccc4)c4ccc(-c5ccc(-c6ccccc6)cc5)cc4)cc3)cc2)=NC(C2C=CC(c3ccccc3)=CC2)=CC1c1ccccc1. The Bertz CT molecular complexity index is 2910. The topological polar surface area (TPSA) is 15.6 Å². The molecule has 0 amide bonds. The van der Waals surface area contributed by atoms with Gasteiger partial charge in [0.15, 0.2) is 0 Å². The fourth-order valence-corrected chi connectivity index (χ4v) is 9.36. The standard InChI is InChI=1S/C62H52N2/c1-64-61(57-20-12-5-13-21-57)44-60(56-39-33-50(34-40-56)47-16-8-3-9-17-47)63-62(64)58-41-35-53(36-42-58)48-25-22-45(23-26-48)24-43-59(54-18-10-4-11-19-54)55-37-31-52(32-38-55)51-29-27-49(28-30-51)46-14-6-2-7-15-46/h2-23,25-39,41-42,44,56,59,61H,24,40,43H2,1H3. The summed E-state index contributed by atoms with van der Waals surface area (Å²) in [7, 11) is 2.17. The van der Waals surface area contributed by atoms with Crippen LogP contribution in [0.5, 0.6) is 0 Å². The summed E-state index contributed by atoms with van der Waals surface area (Å²) in [5.41, 5.74) is 17.5. The van der Waals surface area contributed by atoms with E-state index in [-0.39, 0.29) is 12.0 Å². The number of hydrogen-bond acceptors (Lipinski definition) is 2. The molecule has 0 aromatic heterocycles. The van der Waals surface area contributed by atoms with Crippen LogP contribution in [-0.2, 0) is 6.42 Å². The van der Waals surface area contributed by atoms with Gasteiger partial charge in [0, 0.05) is 30.1 Å². The molecule has 0 radical (unpaired) electrons. The second-order valence-corrected chi connectivity index (χ2v) is 17.1. The van der Waals surface area contributed by atoms with Crippen LogP contribution in [-0.4, -0.2) is 17.8 Å². The zero-order chi connectivity index (χ0) is 43.1. The first-order valence-corrected chi connectivity index (χ1v) is 22.7. The van der Waals surface area contributed by atoms with Gasteiger partial charge in [-0.05, 0) is 92.1 Å². The molecule has 2 nitrogen and oxygen atoms in total. The maximum atomic E-state index is 5.38. The van der Waals surface area contributed by atoms with Crippen molar-refractivity contribution in [3.05, 3.63) is 282 Å². The van der Waals surface area contributed by atoms with Gasteiger partial charge in [-0.25, -0.2) is 4.99 Å². The number of benzene rings is 8. The van der Waals surface area contributed by atoms with E-state index in [0.717, 1.165) is 36.4 Å². The quantitative estimate of drug-likeness (QED) is 0.120. The van der Waals surface area contributed by atoms with Crippen molar-refractivity contribution in [1.29, 1.82) is 0 Å². The zero-order valence-electron chi connectivity index (χ0n) is 36.3. The van der Waals surface area contributed by atoms with Crippen molar-refractivity contribution in [2.75, 3.05) is 7.05 Å². The van der Waals surface area contributed by atoms with E-state index in [0.29, 0.717) is 5.92 Å². The molecule has 3 atom stereocenters. The average Bonchev–Trinajstić information content (AvgIpc) is 3.38. The second-order valence-electron chi connectivity index (χ2n) is 17.1. The summed E-state index contributed by atoms with van der Waals surface area (Å²) in [5, 5.41) is 0. The molecule has 1 aliphatic carbocycles. The number of nitrogens with zero attached hydrogens (tertiary/aromatic N) is 2. The molecule has 0 spiro atoms. The number of amidine groups is 1. The molecule has 2 aliphatic rings. The molecule has 3 unspecified atom stereocenters. The van der Waals surface area contributed by atoms with Crippen LogP contribution in [0.3, 0.4) is 0 Å². The summed E-state index contributed by atoms with van der Waals surface area (Å²) in [4.78, 5) is 7.70. The van der Waals surface area contributed by atoms with E-state index in [2.05, 4.69) is 255 Å². The minimum Gasteiger partial charge on any atom is -0.349 e. The Kier molecular flexibility index (Phi) is 11.9. The van der Waals surface area contributed by atoms with E-state index in [9.17, 15) is 0 Å². The highest BCUT2D eigenvalue weighted by Crippen LogP contribution is 2.37. The minimum absolute atomic E-state index is 0.0909. The summed E-state index contributed by atoms with van der Waals surface area (Å²) in [6.45, 7) is 0. The Morgan fingerprint density at radius 1 is 0.484 bits per heavy atom.